The Balaban J connectivity index is 1.98. The molecule has 0 heterocycles. The average molecular weight is 445 g/mol. The number of nitrogens with two attached hydrogens (primary N) is 1. The Morgan fingerprint density at radius 1 is 1.23 bits per heavy atom. The fourth-order valence-corrected chi connectivity index (χ4v) is 2.97. The van der Waals surface area contributed by atoms with Crippen molar-refractivity contribution in [2.75, 3.05) is 0 Å². The van der Waals surface area contributed by atoms with Gasteiger partial charge in [0.2, 0.25) is 0 Å². The zero-order valence-electron chi connectivity index (χ0n) is 11.3. The highest BCUT2D eigenvalue weighted by Crippen LogP contribution is 2.27. The molecule has 0 spiro atoms. The van der Waals surface area contributed by atoms with Crippen LogP contribution in [0.3, 0.4) is 0 Å². The molecule has 0 saturated heterocycles. The van der Waals surface area contributed by atoms with Crippen LogP contribution in [-0.4, -0.2) is 11.4 Å². The summed E-state index contributed by atoms with van der Waals surface area (Å²) in [4.78, 5) is 0. The van der Waals surface area contributed by atoms with Crippen molar-refractivity contribution in [2.24, 2.45) is 15.9 Å². The van der Waals surface area contributed by atoms with Crippen LogP contribution in [0.25, 0.3) is 0 Å². The number of hydrogen-bond acceptors (Lipinski definition) is 3. The molecule has 2 aromatic carbocycles. The van der Waals surface area contributed by atoms with Crippen molar-refractivity contribution < 1.29 is 4.39 Å². The standard InChI is InChI=1S/C15H12Br2FN3S/c16-13-7-12(18)6-11(14(13)17)8-20-21-15(19)22-9-10-4-2-1-3-5-10/h1-8H,9H2,(H2,19,21). The van der Waals surface area contributed by atoms with Gasteiger partial charge in [-0.3, -0.25) is 0 Å². The zero-order valence-corrected chi connectivity index (χ0v) is 15.3. The minimum Gasteiger partial charge on any atom is -0.377 e. The highest BCUT2D eigenvalue weighted by atomic mass is 79.9. The van der Waals surface area contributed by atoms with E-state index < -0.39 is 0 Å². The fourth-order valence-electron chi connectivity index (χ4n) is 1.58. The zero-order chi connectivity index (χ0) is 15.9. The summed E-state index contributed by atoms with van der Waals surface area (Å²) in [6.07, 6.45) is 1.45. The second kappa shape index (κ2) is 8.45. The molecule has 0 amide bonds. The molecule has 0 radical (unpaired) electrons. The van der Waals surface area contributed by atoms with E-state index in [9.17, 15) is 4.39 Å². The summed E-state index contributed by atoms with van der Waals surface area (Å²) in [6.45, 7) is 0. The predicted molar refractivity (Wildman–Crippen MR) is 98.8 cm³/mol. The Kier molecular flexibility index (Phi) is 6.60. The summed E-state index contributed by atoms with van der Waals surface area (Å²) in [5, 5.41) is 8.15. The van der Waals surface area contributed by atoms with E-state index in [1.165, 1.54) is 30.1 Å². The molecular formula is C15H12Br2FN3S. The SMILES string of the molecule is NC(=NN=Cc1cc(F)cc(Br)c1Br)SCc1ccccc1. The first-order valence-corrected chi connectivity index (χ1v) is 8.81. The van der Waals surface area contributed by atoms with E-state index in [0.717, 1.165) is 11.3 Å². The number of thioether (sulfide) groups is 1. The van der Waals surface area contributed by atoms with Crippen molar-refractivity contribution >= 4 is 55.0 Å². The Hall–Kier alpha value is -1.18. The van der Waals surface area contributed by atoms with Crippen LogP contribution in [0.4, 0.5) is 4.39 Å². The van der Waals surface area contributed by atoms with Crippen molar-refractivity contribution in [1.82, 2.24) is 0 Å². The molecule has 2 aromatic rings. The lowest BCUT2D eigenvalue weighted by atomic mass is 10.2. The Morgan fingerprint density at radius 3 is 2.68 bits per heavy atom. The monoisotopic (exact) mass is 443 g/mol. The number of amidine groups is 1. The Bertz CT molecular complexity index is 705. The average Bonchev–Trinajstić information content (AvgIpc) is 2.51. The predicted octanol–water partition coefficient (Wildman–Crippen LogP) is 4.93. The molecule has 0 bridgehead atoms. The molecule has 0 aliphatic heterocycles. The maximum absolute atomic E-state index is 13.3. The van der Waals surface area contributed by atoms with E-state index in [4.69, 9.17) is 5.73 Å². The maximum Gasteiger partial charge on any atom is 0.180 e. The van der Waals surface area contributed by atoms with E-state index in [-0.39, 0.29) is 5.82 Å². The molecule has 22 heavy (non-hydrogen) atoms. The van der Waals surface area contributed by atoms with Gasteiger partial charge in [-0.05, 0) is 49.6 Å². The minimum atomic E-state index is -0.355. The molecule has 2 rings (SSSR count). The Morgan fingerprint density at radius 2 is 1.95 bits per heavy atom. The summed E-state index contributed by atoms with van der Waals surface area (Å²) in [5.74, 6) is 0.368. The van der Waals surface area contributed by atoms with Crippen LogP contribution >= 0.6 is 43.6 Å². The number of halogens is 3. The van der Waals surface area contributed by atoms with Gasteiger partial charge in [0.15, 0.2) is 5.17 Å². The number of benzene rings is 2. The molecule has 0 fully saturated rings. The summed E-state index contributed by atoms with van der Waals surface area (Å²) < 4.78 is 14.7. The quantitative estimate of drug-likeness (QED) is 0.314. The Labute approximate surface area is 149 Å². The lowest BCUT2D eigenvalue weighted by Crippen LogP contribution is -2.06. The van der Waals surface area contributed by atoms with Gasteiger partial charge in [0.25, 0.3) is 0 Å². The summed E-state index contributed by atoms with van der Waals surface area (Å²) in [7, 11) is 0. The second-order valence-corrected chi connectivity index (χ2v) is 6.89. The third-order valence-electron chi connectivity index (χ3n) is 2.60. The van der Waals surface area contributed by atoms with Crippen LogP contribution in [-0.2, 0) is 5.75 Å². The van der Waals surface area contributed by atoms with Crippen LogP contribution in [0, 0.1) is 5.82 Å². The van der Waals surface area contributed by atoms with Gasteiger partial charge in [-0.15, -0.1) is 5.10 Å². The molecule has 2 N–H and O–H groups in total. The van der Waals surface area contributed by atoms with E-state index >= 15 is 0 Å². The molecule has 0 atom stereocenters. The molecule has 0 unspecified atom stereocenters. The normalized spacial score (nSPS) is 12.0. The third kappa shape index (κ3) is 5.23. The third-order valence-corrected chi connectivity index (χ3v) is 5.50. The van der Waals surface area contributed by atoms with Crippen molar-refractivity contribution in [2.45, 2.75) is 5.75 Å². The summed E-state index contributed by atoms with van der Waals surface area (Å²) in [6, 6.07) is 12.7. The van der Waals surface area contributed by atoms with Crippen LogP contribution in [0.1, 0.15) is 11.1 Å². The number of hydrogen-bond donors (Lipinski definition) is 1. The largest absolute Gasteiger partial charge is 0.377 e. The van der Waals surface area contributed by atoms with Gasteiger partial charge in [-0.25, -0.2) is 4.39 Å². The first-order chi connectivity index (χ1) is 10.6. The first kappa shape index (κ1) is 17.2. The van der Waals surface area contributed by atoms with E-state index in [0.29, 0.717) is 19.7 Å². The topological polar surface area (TPSA) is 50.7 Å². The molecule has 114 valence electrons. The first-order valence-electron chi connectivity index (χ1n) is 6.24. The molecule has 7 heteroatoms. The van der Waals surface area contributed by atoms with Gasteiger partial charge in [0, 0.05) is 20.3 Å². The smallest absolute Gasteiger partial charge is 0.180 e. The van der Waals surface area contributed by atoms with Gasteiger partial charge in [0.1, 0.15) is 5.82 Å². The lowest BCUT2D eigenvalue weighted by molar-refractivity contribution is 0.626. The van der Waals surface area contributed by atoms with Crippen molar-refractivity contribution in [1.29, 1.82) is 0 Å². The minimum absolute atomic E-state index is 0.353. The van der Waals surface area contributed by atoms with Crippen LogP contribution in [0.5, 0.6) is 0 Å². The van der Waals surface area contributed by atoms with Crippen LogP contribution in [0.2, 0.25) is 0 Å². The fraction of sp³-hybridized carbons (Fsp3) is 0.0667. The molecular weight excluding hydrogens is 433 g/mol. The van der Waals surface area contributed by atoms with Crippen molar-refractivity contribution in [3.8, 4) is 0 Å². The number of nitrogens with zero attached hydrogens (tertiary/aromatic N) is 2. The molecule has 0 aromatic heterocycles. The van der Waals surface area contributed by atoms with Gasteiger partial charge < -0.3 is 5.73 Å². The molecule has 3 nitrogen and oxygen atoms in total. The highest BCUT2D eigenvalue weighted by molar-refractivity contribution is 9.13. The molecule has 0 aliphatic rings. The van der Waals surface area contributed by atoms with Crippen molar-refractivity contribution in [3.05, 3.63) is 68.4 Å². The van der Waals surface area contributed by atoms with Gasteiger partial charge in [0.05, 0.1) is 6.21 Å². The summed E-state index contributed by atoms with van der Waals surface area (Å²) in [5.41, 5.74) is 7.53. The second-order valence-electron chi connectivity index (χ2n) is 4.25. The molecule has 0 aliphatic carbocycles. The van der Waals surface area contributed by atoms with E-state index in [1.54, 1.807) is 0 Å². The van der Waals surface area contributed by atoms with E-state index in [2.05, 4.69) is 42.1 Å². The van der Waals surface area contributed by atoms with Crippen LogP contribution in [0.15, 0.2) is 61.6 Å². The van der Waals surface area contributed by atoms with Gasteiger partial charge in [-0.1, -0.05) is 42.1 Å². The number of rotatable bonds is 4. The van der Waals surface area contributed by atoms with E-state index in [1.807, 2.05) is 30.3 Å². The van der Waals surface area contributed by atoms with Crippen molar-refractivity contribution in [3.63, 3.8) is 0 Å². The van der Waals surface area contributed by atoms with Gasteiger partial charge in [-0.2, -0.15) is 5.10 Å². The van der Waals surface area contributed by atoms with Crippen LogP contribution < -0.4 is 5.73 Å². The van der Waals surface area contributed by atoms with Gasteiger partial charge >= 0.3 is 0 Å². The highest BCUT2D eigenvalue weighted by Gasteiger charge is 2.05. The maximum atomic E-state index is 13.3. The molecule has 0 saturated carbocycles. The lowest BCUT2D eigenvalue weighted by Gasteiger charge is -2.01. The summed E-state index contributed by atoms with van der Waals surface area (Å²) >= 11 is 8.00.